The summed E-state index contributed by atoms with van der Waals surface area (Å²) < 4.78 is 0. The lowest BCUT2D eigenvalue weighted by Crippen LogP contribution is -2.32. The van der Waals surface area contributed by atoms with Gasteiger partial charge in [0, 0.05) is 15.8 Å². The van der Waals surface area contributed by atoms with E-state index in [1.807, 2.05) is 17.5 Å². The Balaban J connectivity index is 1.64. The summed E-state index contributed by atoms with van der Waals surface area (Å²) in [5.74, 6) is -0.291. The number of carbonyl (C=O) groups excluding carboxylic acids is 1. The minimum atomic E-state index is -0.291. The Bertz CT molecular complexity index is 828. The molecule has 7 heteroatoms. The minimum Gasteiger partial charge on any atom is -0.323 e. The zero-order chi connectivity index (χ0) is 16.9. The summed E-state index contributed by atoms with van der Waals surface area (Å²) in [7, 11) is 0. The van der Waals surface area contributed by atoms with Gasteiger partial charge in [-0.15, -0.1) is 22.7 Å². The van der Waals surface area contributed by atoms with E-state index in [-0.39, 0.29) is 11.0 Å². The number of rotatable bonds is 3. The number of thiophene rings is 2. The molecule has 0 radical (unpaired) electrons. The van der Waals surface area contributed by atoms with E-state index in [1.165, 1.54) is 11.0 Å². The van der Waals surface area contributed by atoms with E-state index >= 15 is 0 Å². The molecular weight excluding hydrogens is 358 g/mol. The van der Waals surface area contributed by atoms with Gasteiger partial charge in [-0.25, -0.2) is 0 Å². The molecule has 1 aliphatic rings. The van der Waals surface area contributed by atoms with Gasteiger partial charge in [0.1, 0.15) is 11.1 Å². The van der Waals surface area contributed by atoms with Gasteiger partial charge >= 0.3 is 0 Å². The molecule has 0 saturated heterocycles. The highest BCUT2D eigenvalue weighted by Crippen LogP contribution is 2.37. The Labute approximate surface area is 153 Å². The second-order valence-electron chi connectivity index (χ2n) is 5.32. The third-order valence-corrected chi connectivity index (χ3v) is 5.94. The second kappa shape index (κ2) is 7.71. The quantitative estimate of drug-likeness (QED) is 0.628. The van der Waals surface area contributed by atoms with Crippen LogP contribution in [0.5, 0.6) is 0 Å². The number of anilines is 1. The molecule has 1 amide bonds. The maximum atomic E-state index is 11.9. The summed E-state index contributed by atoms with van der Waals surface area (Å²) >= 11 is 8.32. The molecule has 1 aliphatic carbocycles. The van der Waals surface area contributed by atoms with Crippen molar-refractivity contribution in [2.24, 2.45) is 0 Å². The van der Waals surface area contributed by atoms with E-state index in [2.05, 4.69) is 16.7 Å². The predicted octanol–water partition coefficient (Wildman–Crippen LogP) is 4.09. The lowest BCUT2D eigenvalue weighted by atomic mass is 9.96. The van der Waals surface area contributed by atoms with Crippen LogP contribution in [-0.4, -0.2) is 11.0 Å². The number of nitrogens with zero attached hydrogens (tertiary/aromatic N) is 1. The zero-order valence-electron chi connectivity index (χ0n) is 12.8. The third-order valence-electron chi connectivity index (χ3n) is 3.69. The van der Waals surface area contributed by atoms with Crippen molar-refractivity contribution in [3.63, 3.8) is 0 Å². The highest BCUT2D eigenvalue weighted by atomic mass is 32.1. The average molecular weight is 374 g/mol. The van der Waals surface area contributed by atoms with Gasteiger partial charge in [0.2, 0.25) is 5.91 Å². The van der Waals surface area contributed by atoms with Gasteiger partial charge in [-0.2, -0.15) is 5.26 Å². The van der Waals surface area contributed by atoms with Crippen molar-refractivity contribution in [2.45, 2.75) is 25.7 Å². The summed E-state index contributed by atoms with van der Waals surface area (Å²) in [6.45, 7) is 0. The van der Waals surface area contributed by atoms with E-state index in [1.54, 1.807) is 28.7 Å². The van der Waals surface area contributed by atoms with Crippen LogP contribution in [0.4, 0.5) is 5.00 Å². The average Bonchev–Trinajstić information content (AvgIpc) is 3.19. The normalized spacial score (nSPS) is 13.3. The van der Waals surface area contributed by atoms with E-state index in [0.717, 1.165) is 41.1 Å². The third kappa shape index (κ3) is 3.90. The van der Waals surface area contributed by atoms with E-state index in [4.69, 9.17) is 12.2 Å². The molecule has 0 bridgehead atoms. The van der Waals surface area contributed by atoms with Crippen molar-refractivity contribution in [3.8, 4) is 6.07 Å². The molecule has 122 valence electrons. The van der Waals surface area contributed by atoms with Gasteiger partial charge in [-0.3, -0.25) is 10.1 Å². The zero-order valence-corrected chi connectivity index (χ0v) is 15.2. The first-order valence-electron chi connectivity index (χ1n) is 7.55. The maximum absolute atomic E-state index is 11.9. The number of hydrogen-bond acceptors (Lipinski definition) is 5. The van der Waals surface area contributed by atoms with E-state index < -0.39 is 0 Å². The summed E-state index contributed by atoms with van der Waals surface area (Å²) in [4.78, 5) is 14.2. The number of amides is 1. The molecule has 0 atom stereocenters. The van der Waals surface area contributed by atoms with E-state index in [0.29, 0.717) is 5.56 Å². The maximum Gasteiger partial charge on any atom is 0.250 e. The van der Waals surface area contributed by atoms with Gasteiger partial charge < -0.3 is 5.32 Å². The van der Waals surface area contributed by atoms with Crippen LogP contribution in [0.2, 0.25) is 0 Å². The molecule has 0 unspecified atom stereocenters. The highest BCUT2D eigenvalue weighted by Gasteiger charge is 2.21. The molecule has 2 N–H and O–H groups in total. The van der Waals surface area contributed by atoms with Crippen molar-refractivity contribution in [1.82, 2.24) is 5.32 Å². The summed E-state index contributed by atoms with van der Waals surface area (Å²) in [6.07, 6.45) is 7.43. The van der Waals surface area contributed by atoms with E-state index in [9.17, 15) is 10.1 Å². The molecule has 0 saturated carbocycles. The van der Waals surface area contributed by atoms with Crippen LogP contribution >= 0.6 is 34.9 Å². The Morgan fingerprint density at radius 1 is 1.38 bits per heavy atom. The Morgan fingerprint density at radius 2 is 2.21 bits per heavy atom. The molecule has 2 aromatic rings. The van der Waals surface area contributed by atoms with Crippen molar-refractivity contribution in [3.05, 3.63) is 44.5 Å². The number of fused-ring (bicyclic) bond motifs is 1. The fourth-order valence-corrected chi connectivity index (χ4v) is 4.73. The molecule has 0 aliphatic heterocycles. The molecule has 3 rings (SSSR count). The minimum absolute atomic E-state index is 0.214. The largest absolute Gasteiger partial charge is 0.323 e. The standard InChI is InChI=1S/C17H15N3OS3/c18-10-13-12-5-1-2-6-14(12)24-16(13)20-17(22)19-15(21)8-7-11-4-3-9-23-11/h3-4,7-9H,1-2,5-6H2,(H2,19,20,21,22)/b8-7-. The van der Waals surface area contributed by atoms with Gasteiger partial charge in [0.05, 0.1) is 5.56 Å². The number of aryl methyl sites for hydroxylation is 1. The lowest BCUT2D eigenvalue weighted by molar-refractivity contribution is -0.115. The Hall–Kier alpha value is -2.01. The second-order valence-corrected chi connectivity index (χ2v) is 7.81. The van der Waals surface area contributed by atoms with Crippen LogP contribution < -0.4 is 10.6 Å². The van der Waals surface area contributed by atoms with Crippen molar-refractivity contribution < 1.29 is 4.79 Å². The fraction of sp³-hybridized carbons (Fsp3) is 0.235. The van der Waals surface area contributed by atoms with Crippen LogP contribution in [0.15, 0.2) is 23.6 Å². The molecule has 24 heavy (non-hydrogen) atoms. The topological polar surface area (TPSA) is 64.9 Å². The number of hydrogen-bond donors (Lipinski definition) is 2. The van der Waals surface area contributed by atoms with Crippen molar-refractivity contribution >= 4 is 57.0 Å². The van der Waals surface area contributed by atoms with Crippen LogP contribution in [0.1, 0.15) is 33.7 Å². The lowest BCUT2D eigenvalue weighted by Gasteiger charge is -2.09. The molecule has 0 fully saturated rings. The fourth-order valence-electron chi connectivity index (χ4n) is 2.60. The number of nitrogens with one attached hydrogen (secondary N) is 2. The van der Waals surface area contributed by atoms with Crippen LogP contribution in [-0.2, 0) is 17.6 Å². The van der Waals surface area contributed by atoms with Crippen molar-refractivity contribution in [2.75, 3.05) is 5.32 Å². The smallest absolute Gasteiger partial charge is 0.250 e. The molecule has 4 nitrogen and oxygen atoms in total. The monoisotopic (exact) mass is 373 g/mol. The highest BCUT2D eigenvalue weighted by molar-refractivity contribution is 7.80. The Morgan fingerprint density at radius 3 is 2.96 bits per heavy atom. The van der Waals surface area contributed by atoms with Crippen LogP contribution in [0.3, 0.4) is 0 Å². The van der Waals surface area contributed by atoms with Gasteiger partial charge in [-0.05, 0) is 61.0 Å². The molecule has 0 aromatic carbocycles. The van der Waals surface area contributed by atoms with Crippen LogP contribution in [0, 0.1) is 11.3 Å². The summed E-state index contributed by atoms with van der Waals surface area (Å²) in [5.41, 5.74) is 1.81. The molecule has 2 heterocycles. The summed E-state index contributed by atoms with van der Waals surface area (Å²) in [6, 6.07) is 6.13. The molecular formula is C17H15N3OS3. The van der Waals surface area contributed by atoms with Crippen LogP contribution in [0.25, 0.3) is 6.08 Å². The predicted molar refractivity (Wildman–Crippen MR) is 103 cm³/mol. The van der Waals surface area contributed by atoms with Crippen molar-refractivity contribution in [1.29, 1.82) is 5.26 Å². The first kappa shape index (κ1) is 16.8. The van der Waals surface area contributed by atoms with Gasteiger partial charge in [-0.1, -0.05) is 6.07 Å². The molecule has 2 aromatic heterocycles. The SMILES string of the molecule is N#Cc1c(NC(=S)NC(=O)/C=C\c2cccs2)sc2c1CCCC2. The number of thiocarbonyl (C=S) groups is 1. The first-order chi connectivity index (χ1) is 11.7. The van der Waals surface area contributed by atoms with Gasteiger partial charge in [0.15, 0.2) is 5.11 Å². The number of nitriles is 1. The first-order valence-corrected chi connectivity index (χ1v) is 9.66. The molecule has 0 spiro atoms. The number of carbonyl (C=O) groups is 1. The van der Waals surface area contributed by atoms with Gasteiger partial charge in [0.25, 0.3) is 0 Å². The summed E-state index contributed by atoms with van der Waals surface area (Å²) in [5, 5.41) is 17.9. The Kier molecular flexibility index (Phi) is 5.41.